The summed E-state index contributed by atoms with van der Waals surface area (Å²) in [5, 5.41) is 0. The first kappa shape index (κ1) is 11.7. The third-order valence-corrected chi connectivity index (χ3v) is 2.31. The van der Waals surface area contributed by atoms with Crippen molar-refractivity contribution < 1.29 is 0 Å². The van der Waals surface area contributed by atoms with Crippen molar-refractivity contribution in [2.45, 2.75) is 26.7 Å². The largest absolute Gasteiger partial charge is 0.358 e. The summed E-state index contributed by atoms with van der Waals surface area (Å²) in [6, 6.07) is 0. The molecule has 0 unspecified atom stereocenters. The molecule has 0 bridgehead atoms. The number of hydrogen-bond acceptors (Lipinski definition) is 3. The van der Waals surface area contributed by atoms with E-state index in [1.807, 2.05) is 19.9 Å². The average Bonchev–Trinajstić information content (AvgIpc) is 2.22. The summed E-state index contributed by atoms with van der Waals surface area (Å²) in [5.41, 5.74) is 1.95. The number of hydrogen-bond donors (Lipinski definition) is 0. The molecule has 0 amide bonds. The van der Waals surface area contributed by atoms with Crippen LogP contribution in [0.15, 0.2) is 18.9 Å². The molecule has 0 aromatic carbocycles. The quantitative estimate of drug-likeness (QED) is 0.546. The molecule has 0 fully saturated rings. The van der Waals surface area contributed by atoms with Crippen molar-refractivity contribution in [1.82, 2.24) is 9.97 Å². The smallest absolute Gasteiger partial charge is 0.150 e. The Morgan fingerprint density at radius 2 is 2.20 bits per heavy atom. The van der Waals surface area contributed by atoms with Crippen LogP contribution in [0.25, 0.3) is 0 Å². The van der Waals surface area contributed by atoms with Gasteiger partial charge in [-0.05, 0) is 26.7 Å². The lowest BCUT2D eigenvalue weighted by atomic mass is 10.3. The summed E-state index contributed by atoms with van der Waals surface area (Å²) in [6.45, 7) is 8.66. The van der Waals surface area contributed by atoms with E-state index in [0.717, 1.165) is 36.6 Å². The highest BCUT2D eigenvalue weighted by molar-refractivity contribution is 5.42. The number of aryl methyl sites for hydroxylation is 2. The van der Waals surface area contributed by atoms with Crippen molar-refractivity contribution in [3.05, 3.63) is 30.2 Å². The zero-order valence-corrected chi connectivity index (χ0v) is 9.82. The summed E-state index contributed by atoms with van der Waals surface area (Å²) in [4.78, 5) is 10.9. The van der Waals surface area contributed by atoms with Gasteiger partial charge >= 0.3 is 0 Å². The van der Waals surface area contributed by atoms with Crippen LogP contribution >= 0.6 is 0 Å². The molecule has 0 radical (unpaired) electrons. The second-order valence-electron chi connectivity index (χ2n) is 3.77. The summed E-state index contributed by atoms with van der Waals surface area (Å²) in [7, 11) is 2.06. The van der Waals surface area contributed by atoms with Crippen molar-refractivity contribution in [1.29, 1.82) is 0 Å². The molecule has 0 saturated heterocycles. The highest BCUT2D eigenvalue weighted by Crippen LogP contribution is 2.13. The van der Waals surface area contributed by atoms with E-state index in [2.05, 4.69) is 28.5 Å². The minimum atomic E-state index is 0.964. The van der Waals surface area contributed by atoms with Gasteiger partial charge in [0.1, 0.15) is 5.82 Å². The highest BCUT2D eigenvalue weighted by Gasteiger charge is 2.06. The Morgan fingerprint density at radius 3 is 2.87 bits per heavy atom. The molecule has 1 heterocycles. The molecule has 0 N–H and O–H groups in total. The van der Waals surface area contributed by atoms with E-state index in [9.17, 15) is 0 Å². The van der Waals surface area contributed by atoms with Crippen LogP contribution in [-0.4, -0.2) is 23.6 Å². The van der Waals surface area contributed by atoms with Crippen LogP contribution in [0, 0.1) is 13.8 Å². The summed E-state index contributed by atoms with van der Waals surface area (Å²) >= 11 is 0. The van der Waals surface area contributed by atoms with Crippen LogP contribution in [0.3, 0.4) is 0 Å². The number of nitrogens with zero attached hydrogens (tertiary/aromatic N) is 3. The van der Waals surface area contributed by atoms with Crippen LogP contribution in [0.4, 0.5) is 5.82 Å². The predicted molar refractivity (Wildman–Crippen MR) is 64.2 cm³/mol. The lowest BCUT2D eigenvalue weighted by Crippen LogP contribution is -2.21. The summed E-state index contributed by atoms with van der Waals surface area (Å²) in [6.07, 6.45) is 5.90. The van der Waals surface area contributed by atoms with Crippen LogP contribution in [0.1, 0.15) is 24.2 Å². The van der Waals surface area contributed by atoms with E-state index in [1.165, 1.54) is 0 Å². The fourth-order valence-corrected chi connectivity index (χ4v) is 1.47. The summed E-state index contributed by atoms with van der Waals surface area (Å²) < 4.78 is 0. The minimum Gasteiger partial charge on any atom is -0.358 e. The molecular formula is C12H19N3. The van der Waals surface area contributed by atoms with Crippen molar-refractivity contribution in [2.24, 2.45) is 0 Å². The van der Waals surface area contributed by atoms with Gasteiger partial charge in [-0.1, -0.05) is 6.08 Å². The Bertz CT molecular complexity index is 334. The fraction of sp³-hybridized carbons (Fsp3) is 0.500. The first-order valence-electron chi connectivity index (χ1n) is 5.27. The molecule has 15 heavy (non-hydrogen) atoms. The molecular weight excluding hydrogens is 186 g/mol. The van der Waals surface area contributed by atoms with Crippen molar-refractivity contribution in [3.8, 4) is 0 Å². The third-order valence-electron chi connectivity index (χ3n) is 2.31. The highest BCUT2D eigenvalue weighted by atomic mass is 15.2. The van der Waals surface area contributed by atoms with E-state index < -0.39 is 0 Å². The Balaban J connectivity index is 2.67. The Kier molecular flexibility index (Phi) is 4.28. The third kappa shape index (κ3) is 3.35. The maximum atomic E-state index is 4.49. The van der Waals surface area contributed by atoms with Crippen LogP contribution in [-0.2, 0) is 0 Å². The molecule has 0 aliphatic carbocycles. The molecule has 0 aliphatic heterocycles. The number of unbranched alkanes of at least 4 members (excludes halogenated alkanes) is 1. The number of aromatic nitrogens is 2. The van der Waals surface area contributed by atoms with Gasteiger partial charge in [0.2, 0.25) is 0 Å². The van der Waals surface area contributed by atoms with Gasteiger partial charge in [-0.25, -0.2) is 4.98 Å². The maximum absolute atomic E-state index is 4.49. The standard InChI is InChI=1S/C12H19N3/c1-5-6-7-8-15(4)12-11(3)13-9-10(2)14-12/h5,9H,1,6-8H2,2-4H3. The second kappa shape index (κ2) is 5.49. The normalized spacial score (nSPS) is 10.1. The van der Waals surface area contributed by atoms with Gasteiger partial charge in [0.15, 0.2) is 0 Å². The molecule has 3 nitrogen and oxygen atoms in total. The van der Waals surface area contributed by atoms with Gasteiger partial charge in [-0.2, -0.15) is 0 Å². The van der Waals surface area contributed by atoms with Crippen LogP contribution < -0.4 is 4.90 Å². The van der Waals surface area contributed by atoms with E-state index in [4.69, 9.17) is 0 Å². The predicted octanol–water partition coefficient (Wildman–Crippen LogP) is 2.50. The van der Waals surface area contributed by atoms with Gasteiger partial charge in [-0.3, -0.25) is 4.98 Å². The van der Waals surface area contributed by atoms with E-state index >= 15 is 0 Å². The van der Waals surface area contributed by atoms with Crippen molar-refractivity contribution in [2.75, 3.05) is 18.5 Å². The SMILES string of the molecule is C=CCCCN(C)c1nc(C)cnc1C. The van der Waals surface area contributed by atoms with Crippen molar-refractivity contribution in [3.63, 3.8) is 0 Å². The second-order valence-corrected chi connectivity index (χ2v) is 3.77. The Hall–Kier alpha value is -1.38. The lowest BCUT2D eigenvalue weighted by Gasteiger charge is -2.19. The van der Waals surface area contributed by atoms with Crippen molar-refractivity contribution >= 4 is 5.82 Å². The molecule has 1 aromatic rings. The Morgan fingerprint density at radius 1 is 1.47 bits per heavy atom. The monoisotopic (exact) mass is 205 g/mol. The zero-order chi connectivity index (χ0) is 11.3. The van der Waals surface area contributed by atoms with Gasteiger partial charge in [0.05, 0.1) is 11.4 Å². The van der Waals surface area contributed by atoms with Gasteiger partial charge in [-0.15, -0.1) is 6.58 Å². The molecule has 1 rings (SSSR count). The fourth-order valence-electron chi connectivity index (χ4n) is 1.47. The molecule has 0 saturated carbocycles. The van der Waals surface area contributed by atoms with Gasteiger partial charge < -0.3 is 4.90 Å². The van der Waals surface area contributed by atoms with Gasteiger partial charge in [0, 0.05) is 19.8 Å². The number of anilines is 1. The van der Waals surface area contributed by atoms with Gasteiger partial charge in [0.25, 0.3) is 0 Å². The molecule has 3 heteroatoms. The lowest BCUT2D eigenvalue weighted by molar-refractivity contribution is 0.783. The Labute approximate surface area is 91.9 Å². The zero-order valence-electron chi connectivity index (χ0n) is 9.82. The maximum Gasteiger partial charge on any atom is 0.150 e. The molecule has 0 aliphatic rings. The van der Waals surface area contributed by atoms with E-state index in [1.54, 1.807) is 6.20 Å². The van der Waals surface area contributed by atoms with E-state index in [-0.39, 0.29) is 0 Å². The van der Waals surface area contributed by atoms with Crippen LogP contribution in [0.5, 0.6) is 0 Å². The molecule has 82 valence electrons. The molecule has 0 spiro atoms. The van der Waals surface area contributed by atoms with Crippen LogP contribution in [0.2, 0.25) is 0 Å². The first-order chi connectivity index (χ1) is 7.15. The number of allylic oxidation sites excluding steroid dienone is 1. The molecule has 1 aromatic heterocycles. The van der Waals surface area contributed by atoms with E-state index in [0.29, 0.717) is 0 Å². The average molecular weight is 205 g/mol. The minimum absolute atomic E-state index is 0.964. The molecule has 0 atom stereocenters. The topological polar surface area (TPSA) is 29.0 Å². The first-order valence-corrected chi connectivity index (χ1v) is 5.27. The number of rotatable bonds is 5. The summed E-state index contributed by atoms with van der Waals surface area (Å²) in [5.74, 6) is 0.985.